The Morgan fingerprint density at radius 3 is 3.04 bits per heavy atom. The summed E-state index contributed by atoms with van der Waals surface area (Å²) in [6.07, 6.45) is 5.36. The van der Waals surface area contributed by atoms with Gasteiger partial charge >= 0.3 is 0 Å². The average molecular weight is 324 g/mol. The molecule has 3 aromatic rings. The molecule has 1 amide bonds. The number of fused-ring (bicyclic) bond motifs is 1. The van der Waals surface area contributed by atoms with Crippen molar-refractivity contribution in [3.05, 3.63) is 42.2 Å². The standard InChI is InChI=1S/C17H20N6O/c24-17(9-12-23-16-7-2-1-5-13(16)20-21-23)22-11-4-3-6-15(22)14-8-10-18-19-14/h1-2,5,7-8,10,15H,3-4,6,9,11-12H2,(H,18,19)/t15-/m1/s1. The molecular weight excluding hydrogens is 304 g/mol. The number of hydrogen-bond donors (Lipinski definition) is 1. The number of para-hydroxylation sites is 1. The van der Waals surface area contributed by atoms with E-state index in [9.17, 15) is 4.79 Å². The van der Waals surface area contributed by atoms with Gasteiger partial charge in [-0.1, -0.05) is 17.3 Å². The second kappa shape index (κ2) is 6.43. The summed E-state index contributed by atoms with van der Waals surface area (Å²) < 4.78 is 1.81. The first-order chi connectivity index (χ1) is 11.8. The van der Waals surface area contributed by atoms with Gasteiger partial charge in [0.15, 0.2) is 0 Å². The van der Waals surface area contributed by atoms with Gasteiger partial charge in [0.05, 0.1) is 23.8 Å². The van der Waals surface area contributed by atoms with Crippen LogP contribution in [0, 0.1) is 0 Å². The number of aromatic amines is 1. The van der Waals surface area contributed by atoms with Gasteiger partial charge in [-0.15, -0.1) is 5.10 Å². The van der Waals surface area contributed by atoms with Crippen molar-refractivity contribution >= 4 is 16.9 Å². The number of nitrogens with one attached hydrogen (secondary N) is 1. The lowest BCUT2D eigenvalue weighted by Crippen LogP contribution is -2.39. The molecule has 124 valence electrons. The zero-order chi connectivity index (χ0) is 16.4. The third-order valence-electron chi connectivity index (χ3n) is 4.66. The van der Waals surface area contributed by atoms with Gasteiger partial charge in [-0.2, -0.15) is 5.10 Å². The maximum absolute atomic E-state index is 12.8. The van der Waals surface area contributed by atoms with E-state index >= 15 is 0 Å². The minimum Gasteiger partial charge on any atom is -0.334 e. The number of carbonyl (C=O) groups is 1. The van der Waals surface area contributed by atoms with Crippen LogP contribution in [0.5, 0.6) is 0 Å². The van der Waals surface area contributed by atoms with Crippen LogP contribution < -0.4 is 0 Å². The third-order valence-corrected chi connectivity index (χ3v) is 4.66. The number of hydrogen-bond acceptors (Lipinski definition) is 4. The van der Waals surface area contributed by atoms with E-state index in [1.54, 1.807) is 6.20 Å². The van der Waals surface area contributed by atoms with E-state index in [1.165, 1.54) is 0 Å². The van der Waals surface area contributed by atoms with Gasteiger partial charge in [0.2, 0.25) is 5.91 Å². The van der Waals surface area contributed by atoms with E-state index < -0.39 is 0 Å². The third kappa shape index (κ3) is 2.77. The lowest BCUT2D eigenvalue weighted by atomic mass is 9.99. The highest BCUT2D eigenvalue weighted by molar-refractivity contribution is 5.77. The molecule has 0 unspecified atom stereocenters. The lowest BCUT2D eigenvalue weighted by molar-refractivity contribution is -0.135. The van der Waals surface area contributed by atoms with Crippen molar-refractivity contribution in [3.8, 4) is 0 Å². The van der Waals surface area contributed by atoms with Crippen LogP contribution in [-0.4, -0.2) is 42.5 Å². The number of nitrogens with zero attached hydrogens (tertiary/aromatic N) is 5. The van der Waals surface area contributed by atoms with Gasteiger partial charge in [-0.05, 0) is 37.5 Å². The predicted octanol–water partition coefficient (Wildman–Crippen LogP) is 2.30. The zero-order valence-corrected chi connectivity index (χ0v) is 13.4. The molecule has 2 aromatic heterocycles. The number of amides is 1. The molecule has 3 heterocycles. The Labute approximate surface area is 139 Å². The molecule has 1 atom stereocenters. The number of H-pyrrole nitrogens is 1. The Bertz CT molecular complexity index is 825. The molecule has 1 N–H and O–H groups in total. The SMILES string of the molecule is O=C(CCn1nnc2ccccc21)N1CCCC[C@@H]1c1ccn[nH]1. The van der Waals surface area contributed by atoms with E-state index in [-0.39, 0.29) is 11.9 Å². The van der Waals surface area contributed by atoms with Gasteiger partial charge in [0, 0.05) is 19.2 Å². The Balaban J connectivity index is 1.47. The number of aryl methyl sites for hydroxylation is 1. The molecule has 1 saturated heterocycles. The Hall–Kier alpha value is -2.70. The smallest absolute Gasteiger partial charge is 0.225 e. The number of carbonyl (C=O) groups excluding carboxylic acids is 1. The number of aromatic nitrogens is 5. The average Bonchev–Trinajstić information content (AvgIpc) is 3.30. The van der Waals surface area contributed by atoms with Crippen LogP contribution in [0.25, 0.3) is 11.0 Å². The molecule has 24 heavy (non-hydrogen) atoms. The molecule has 1 aliphatic heterocycles. The first kappa shape index (κ1) is 14.9. The Morgan fingerprint density at radius 2 is 2.17 bits per heavy atom. The summed E-state index contributed by atoms with van der Waals surface area (Å²) in [4.78, 5) is 14.7. The normalized spacial score (nSPS) is 18.2. The van der Waals surface area contributed by atoms with E-state index in [4.69, 9.17) is 0 Å². The summed E-state index contributed by atoms with van der Waals surface area (Å²) in [5.74, 6) is 0.161. The topological polar surface area (TPSA) is 79.7 Å². The van der Waals surface area contributed by atoms with Crippen molar-refractivity contribution in [2.75, 3.05) is 6.54 Å². The van der Waals surface area contributed by atoms with Crippen LogP contribution in [0.15, 0.2) is 36.5 Å². The van der Waals surface area contributed by atoms with Crippen molar-refractivity contribution in [1.29, 1.82) is 0 Å². The fourth-order valence-corrected chi connectivity index (χ4v) is 3.43. The largest absolute Gasteiger partial charge is 0.334 e. The summed E-state index contributed by atoms with van der Waals surface area (Å²) >= 11 is 0. The van der Waals surface area contributed by atoms with Gasteiger partial charge in [-0.25, -0.2) is 4.68 Å². The molecule has 0 spiro atoms. The number of piperidine rings is 1. The number of likely N-dealkylation sites (tertiary alicyclic amines) is 1. The molecule has 0 aliphatic carbocycles. The quantitative estimate of drug-likeness (QED) is 0.798. The number of benzene rings is 1. The van der Waals surface area contributed by atoms with E-state index in [2.05, 4.69) is 20.5 Å². The maximum atomic E-state index is 12.8. The van der Waals surface area contributed by atoms with Crippen molar-refractivity contribution in [1.82, 2.24) is 30.1 Å². The minimum atomic E-state index is 0.112. The molecule has 0 radical (unpaired) electrons. The lowest BCUT2D eigenvalue weighted by Gasteiger charge is -2.35. The minimum absolute atomic E-state index is 0.112. The Morgan fingerprint density at radius 1 is 1.25 bits per heavy atom. The molecule has 0 bridgehead atoms. The van der Waals surface area contributed by atoms with Gasteiger partial charge in [0.25, 0.3) is 0 Å². The fourth-order valence-electron chi connectivity index (χ4n) is 3.43. The molecular formula is C17H20N6O. The van der Waals surface area contributed by atoms with Crippen LogP contribution in [0.4, 0.5) is 0 Å². The highest BCUT2D eigenvalue weighted by Crippen LogP contribution is 2.30. The highest BCUT2D eigenvalue weighted by Gasteiger charge is 2.28. The van der Waals surface area contributed by atoms with Crippen molar-refractivity contribution in [3.63, 3.8) is 0 Å². The van der Waals surface area contributed by atoms with Crippen LogP contribution in [-0.2, 0) is 11.3 Å². The van der Waals surface area contributed by atoms with Crippen LogP contribution in [0.3, 0.4) is 0 Å². The van der Waals surface area contributed by atoms with Crippen molar-refractivity contribution in [2.24, 2.45) is 0 Å². The monoisotopic (exact) mass is 324 g/mol. The highest BCUT2D eigenvalue weighted by atomic mass is 16.2. The zero-order valence-electron chi connectivity index (χ0n) is 13.4. The molecule has 4 rings (SSSR count). The summed E-state index contributed by atoms with van der Waals surface area (Å²) in [5.41, 5.74) is 2.85. The van der Waals surface area contributed by atoms with Crippen LogP contribution in [0.1, 0.15) is 37.4 Å². The van der Waals surface area contributed by atoms with E-state index in [1.807, 2.05) is 39.9 Å². The molecule has 1 aromatic carbocycles. The first-order valence-electron chi connectivity index (χ1n) is 8.40. The fraction of sp³-hybridized carbons (Fsp3) is 0.412. The van der Waals surface area contributed by atoms with Crippen molar-refractivity contribution < 1.29 is 4.79 Å². The van der Waals surface area contributed by atoms with Gasteiger partial charge in [-0.3, -0.25) is 9.89 Å². The predicted molar refractivity (Wildman–Crippen MR) is 89.0 cm³/mol. The molecule has 7 heteroatoms. The molecule has 7 nitrogen and oxygen atoms in total. The number of rotatable bonds is 4. The van der Waals surface area contributed by atoms with Gasteiger partial charge in [0.1, 0.15) is 5.52 Å². The maximum Gasteiger partial charge on any atom is 0.225 e. The summed E-state index contributed by atoms with van der Waals surface area (Å²) in [7, 11) is 0. The second-order valence-electron chi connectivity index (χ2n) is 6.16. The Kier molecular flexibility index (Phi) is 3.98. The van der Waals surface area contributed by atoms with Crippen molar-refractivity contribution in [2.45, 2.75) is 38.3 Å². The molecule has 1 aliphatic rings. The van der Waals surface area contributed by atoms with Crippen LogP contribution in [0.2, 0.25) is 0 Å². The summed E-state index contributed by atoms with van der Waals surface area (Å²) in [6.45, 7) is 1.35. The second-order valence-corrected chi connectivity index (χ2v) is 6.16. The van der Waals surface area contributed by atoms with Gasteiger partial charge < -0.3 is 4.90 Å². The summed E-state index contributed by atoms with van der Waals surface area (Å²) in [6, 6.07) is 9.88. The summed E-state index contributed by atoms with van der Waals surface area (Å²) in [5, 5.41) is 15.3. The van der Waals surface area contributed by atoms with E-state index in [0.29, 0.717) is 13.0 Å². The molecule has 1 fully saturated rings. The van der Waals surface area contributed by atoms with E-state index in [0.717, 1.165) is 42.5 Å². The first-order valence-corrected chi connectivity index (χ1v) is 8.40. The molecule has 0 saturated carbocycles. The van der Waals surface area contributed by atoms with Crippen LogP contribution >= 0.6 is 0 Å².